The summed E-state index contributed by atoms with van der Waals surface area (Å²) in [5.74, 6) is 1.20. The van der Waals surface area contributed by atoms with Crippen LogP contribution in [0.5, 0.6) is 0 Å². The Hall–Kier alpha value is -0.830. The van der Waals surface area contributed by atoms with E-state index in [1.165, 1.54) is 5.82 Å². The highest BCUT2D eigenvalue weighted by atomic mass is 16.5. The summed E-state index contributed by atoms with van der Waals surface area (Å²) in [5.41, 5.74) is 0. The molecule has 0 saturated carbocycles. The molecule has 0 radical (unpaired) electrons. The summed E-state index contributed by atoms with van der Waals surface area (Å²) in [6, 6.07) is 0. The van der Waals surface area contributed by atoms with Gasteiger partial charge in [-0.25, -0.2) is 4.98 Å². The zero-order valence-corrected chi connectivity index (χ0v) is 9.20. The summed E-state index contributed by atoms with van der Waals surface area (Å²) in [5, 5.41) is 0. The molecule has 1 heterocycles. The van der Waals surface area contributed by atoms with Gasteiger partial charge in [0.05, 0.1) is 0 Å². The van der Waals surface area contributed by atoms with Crippen molar-refractivity contribution in [3.63, 3.8) is 0 Å². The van der Waals surface area contributed by atoms with E-state index in [2.05, 4.69) is 22.7 Å². The van der Waals surface area contributed by atoms with E-state index in [1.807, 2.05) is 13.1 Å². The molecule has 80 valence electrons. The monoisotopic (exact) mass is 196 g/mol. The molecule has 0 saturated heterocycles. The van der Waals surface area contributed by atoms with Crippen LogP contribution < -0.4 is 0 Å². The fourth-order valence-electron chi connectivity index (χ4n) is 1.48. The van der Waals surface area contributed by atoms with Crippen molar-refractivity contribution in [3.8, 4) is 0 Å². The summed E-state index contributed by atoms with van der Waals surface area (Å²) in [6.45, 7) is 6.89. The summed E-state index contributed by atoms with van der Waals surface area (Å²) < 4.78 is 7.52. The van der Waals surface area contributed by atoms with Crippen molar-refractivity contribution in [2.45, 2.75) is 39.7 Å². The van der Waals surface area contributed by atoms with Gasteiger partial charge in [-0.1, -0.05) is 6.92 Å². The Morgan fingerprint density at radius 1 is 1.43 bits per heavy atom. The third kappa shape index (κ3) is 3.50. The molecule has 0 aliphatic carbocycles. The number of hydrogen-bond acceptors (Lipinski definition) is 2. The number of rotatable bonds is 7. The maximum absolute atomic E-state index is 5.30. The first kappa shape index (κ1) is 11.2. The van der Waals surface area contributed by atoms with Crippen molar-refractivity contribution >= 4 is 0 Å². The zero-order valence-electron chi connectivity index (χ0n) is 9.20. The van der Waals surface area contributed by atoms with Gasteiger partial charge in [-0.05, 0) is 19.8 Å². The third-order valence-electron chi connectivity index (χ3n) is 2.17. The first-order chi connectivity index (χ1) is 6.88. The molecule has 1 rings (SSSR count). The van der Waals surface area contributed by atoms with E-state index in [0.29, 0.717) is 0 Å². The van der Waals surface area contributed by atoms with Gasteiger partial charge in [-0.3, -0.25) is 0 Å². The summed E-state index contributed by atoms with van der Waals surface area (Å²) in [7, 11) is 0. The smallest absolute Gasteiger partial charge is 0.108 e. The fraction of sp³-hybridized carbons (Fsp3) is 0.727. The largest absolute Gasteiger partial charge is 0.382 e. The molecule has 0 spiro atoms. The number of aryl methyl sites for hydroxylation is 2. The van der Waals surface area contributed by atoms with Gasteiger partial charge in [0.15, 0.2) is 0 Å². The molecule has 0 bridgehead atoms. The summed E-state index contributed by atoms with van der Waals surface area (Å²) in [4.78, 5) is 4.33. The number of imidazole rings is 1. The van der Waals surface area contributed by atoms with Crippen LogP contribution in [0.15, 0.2) is 12.4 Å². The predicted molar refractivity (Wildman–Crippen MR) is 57.3 cm³/mol. The topological polar surface area (TPSA) is 27.1 Å². The molecule has 0 aliphatic rings. The standard InChI is InChI=1S/C11H20N2O/c1-3-6-11-12-7-9-13(11)8-5-10-14-4-2/h7,9H,3-6,8,10H2,1-2H3. The second-order valence-corrected chi connectivity index (χ2v) is 3.34. The Kier molecular flexibility index (Phi) is 5.30. The molecule has 0 aliphatic heterocycles. The van der Waals surface area contributed by atoms with E-state index < -0.39 is 0 Å². The van der Waals surface area contributed by atoms with E-state index in [4.69, 9.17) is 4.74 Å². The first-order valence-corrected chi connectivity index (χ1v) is 5.46. The first-order valence-electron chi connectivity index (χ1n) is 5.46. The minimum absolute atomic E-state index is 0.811. The molecule has 1 aromatic heterocycles. The predicted octanol–water partition coefficient (Wildman–Crippen LogP) is 2.26. The van der Waals surface area contributed by atoms with Crippen LogP contribution in [0.2, 0.25) is 0 Å². The van der Waals surface area contributed by atoms with Crippen LogP contribution in [0.3, 0.4) is 0 Å². The van der Waals surface area contributed by atoms with Gasteiger partial charge in [0.2, 0.25) is 0 Å². The fourth-order valence-corrected chi connectivity index (χ4v) is 1.48. The van der Waals surface area contributed by atoms with Gasteiger partial charge < -0.3 is 9.30 Å². The molecular formula is C11H20N2O. The number of aromatic nitrogens is 2. The van der Waals surface area contributed by atoms with Crippen LogP contribution in [0.25, 0.3) is 0 Å². The van der Waals surface area contributed by atoms with Gasteiger partial charge in [-0.15, -0.1) is 0 Å². The van der Waals surface area contributed by atoms with E-state index in [-0.39, 0.29) is 0 Å². The quantitative estimate of drug-likeness (QED) is 0.625. The summed E-state index contributed by atoms with van der Waals surface area (Å²) >= 11 is 0. The lowest BCUT2D eigenvalue weighted by Crippen LogP contribution is -2.05. The van der Waals surface area contributed by atoms with Crippen LogP contribution in [0.4, 0.5) is 0 Å². The Morgan fingerprint density at radius 3 is 3.00 bits per heavy atom. The lowest BCUT2D eigenvalue weighted by atomic mass is 10.3. The maximum Gasteiger partial charge on any atom is 0.108 e. The molecule has 14 heavy (non-hydrogen) atoms. The molecular weight excluding hydrogens is 176 g/mol. The highest BCUT2D eigenvalue weighted by Crippen LogP contribution is 2.02. The van der Waals surface area contributed by atoms with Crippen LogP contribution in [-0.4, -0.2) is 22.8 Å². The van der Waals surface area contributed by atoms with Gasteiger partial charge >= 0.3 is 0 Å². The van der Waals surface area contributed by atoms with Crippen LogP contribution >= 0.6 is 0 Å². The molecule has 0 unspecified atom stereocenters. The second-order valence-electron chi connectivity index (χ2n) is 3.34. The van der Waals surface area contributed by atoms with Crippen molar-refractivity contribution in [1.82, 2.24) is 9.55 Å². The van der Waals surface area contributed by atoms with Crippen molar-refractivity contribution < 1.29 is 4.74 Å². The van der Waals surface area contributed by atoms with Gasteiger partial charge in [0.1, 0.15) is 5.82 Å². The molecule has 0 aromatic carbocycles. The number of hydrogen-bond donors (Lipinski definition) is 0. The van der Waals surface area contributed by atoms with Crippen molar-refractivity contribution in [1.29, 1.82) is 0 Å². The minimum atomic E-state index is 0.811. The molecule has 0 amide bonds. The van der Waals surface area contributed by atoms with Crippen LogP contribution in [0.1, 0.15) is 32.5 Å². The Balaban J connectivity index is 2.30. The average Bonchev–Trinajstić information content (AvgIpc) is 2.61. The Morgan fingerprint density at radius 2 is 2.29 bits per heavy atom. The van der Waals surface area contributed by atoms with Gasteiger partial charge in [0, 0.05) is 38.6 Å². The van der Waals surface area contributed by atoms with E-state index in [1.54, 1.807) is 0 Å². The number of nitrogens with zero attached hydrogens (tertiary/aromatic N) is 2. The third-order valence-corrected chi connectivity index (χ3v) is 2.17. The molecule has 3 nitrogen and oxygen atoms in total. The average molecular weight is 196 g/mol. The minimum Gasteiger partial charge on any atom is -0.382 e. The number of ether oxygens (including phenoxy) is 1. The Labute approximate surface area is 86.1 Å². The molecule has 1 aromatic rings. The van der Waals surface area contributed by atoms with E-state index in [9.17, 15) is 0 Å². The second kappa shape index (κ2) is 6.60. The van der Waals surface area contributed by atoms with Crippen molar-refractivity contribution in [2.75, 3.05) is 13.2 Å². The SMILES string of the molecule is CCCc1nccn1CCCOCC. The zero-order chi connectivity index (χ0) is 10.2. The van der Waals surface area contributed by atoms with Crippen LogP contribution in [-0.2, 0) is 17.7 Å². The van der Waals surface area contributed by atoms with Gasteiger partial charge in [0.25, 0.3) is 0 Å². The normalized spacial score (nSPS) is 10.7. The highest BCUT2D eigenvalue weighted by molar-refractivity contribution is 4.92. The summed E-state index contributed by atoms with van der Waals surface area (Å²) in [6.07, 6.45) is 7.23. The molecule has 0 atom stereocenters. The molecule has 0 fully saturated rings. The highest BCUT2D eigenvalue weighted by Gasteiger charge is 2.00. The lowest BCUT2D eigenvalue weighted by Gasteiger charge is -2.06. The van der Waals surface area contributed by atoms with E-state index >= 15 is 0 Å². The van der Waals surface area contributed by atoms with Crippen molar-refractivity contribution in [3.05, 3.63) is 18.2 Å². The maximum atomic E-state index is 5.30. The van der Waals surface area contributed by atoms with E-state index in [0.717, 1.165) is 39.0 Å². The Bertz CT molecular complexity index is 245. The van der Waals surface area contributed by atoms with Crippen molar-refractivity contribution in [2.24, 2.45) is 0 Å². The lowest BCUT2D eigenvalue weighted by molar-refractivity contribution is 0.141. The molecule has 0 N–H and O–H groups in total. The van der Waals surface area contributed by atoms with Crippen LogP contribution in [0, 0.1) is 0 Å². The molecule has 3 heteroatoms. The van der Waals surface area contributed by atoms with Gasteiger partial charge in [-0.2, -0.15) is 0 Å².